The van der Waals surface area contributed by atoms with E-state index in [0.29, 0.717) is 5.92 Å². The van der Waals surface area contributed by atoms with Crippen molar-refractivity contribution in [3.8, 4) is 0 Å². The topological polar surface area (TPSA) is 60.6 Å². The molecule has 0 saturated heterocycles. The van der Waals surface area contributed by atoms with Gasteiger partial charge in [-0.3, -0.25) is 0 Å². The second-order valence-corrected chi connectivity index (χ2v) is 5.44. The van der Waals surface area contributed by atoms with Crippen LogP contribution in [0.3, 0.4) is 0 Å². The summed E-state index contributed by atoms with van der Waals surface area (Å²) in [6.45, 7) is 8.13. The summed E-state index contributed by atoms with van der Waals surface area (Å²) in [5.74, 6) is 1.61. The average molecular weight is 276 g/mol. The third-order valence-corrected chi connectivity index (χ3v) is 3.10. The summed E-state index contributed by atoms with van der Waals surface area (Å²) in [6.07, 6.45) is 9.63. The summed E-state index contributed by atoms with van der Waals surface area (Å²) in [6, 6.07) is 0. The van der Waals surface area contributed by atoms with Gasteiger partial charge in [0.2, 0.25) is 0 Å². The van der Waals surface area contributed by atoms with Crippen molar-refractivity contribution in [3.05, 3.63) is 30.9 Å². The van der Waals surface area contributed by atoms with Crippen LogP contribution in [0.2, 0.25) is 0 Å². The van der Waals surface area contributed by atoms with Crippen LogP contribution in [0.5, 0.6) is 0 Å². The van der Waals surface area contributed by atoms with E-state index in [1.54, 1.807) is 6.33 Å². The molecule has 2 heterocycles. The van der Waals surface area contributed by atoms with E-state index in [1.807, 2.05) is 23.4 Å². The summed E-state index contributed by atoms with van der Waals surface area (Å²) >= 11 is 0. The molecule has 0 aromatic carbocycles. The van der Waals surface area contributed by atoms with Crippen molar-refractivity contribution in [1.82, 2.24) is 29.6 Å². The molecule has 0 unspecified atom stereocenters. The summed E-state index contributed by atoms with van der Waals surface area (Å²) in [7, 11) is 0. The fourth-order valence-corrected chi connectivity index (χ4v) is 2.09. The Balaban J connectivity index is 1.60. The van der Waals surface area contributed by atoms with Crippen molar-refractivity contribution < 1.29 is 0 Å². The Kier molecular flexibility index (Phi) is 5.73. The van der Waals surface area contributed by atoms with Gasteiger partial charge in [-0.05, 0) is 25.3 Å². The fraction of sp³-hybridized carbons (Fsp3) is 0.643. The van der Waals surface area contributed by atoms with Gasteiger partial charge >= 0.3 is 0 Å². The summed E-state index contributed by atoms with van der Waals surface area (Å²) in [5.41, 5.74) is 0. The maximum absolute atomic E-state index is 4.30. The van der Waals surface area contributed by atoms with E-state index in [1.165, 1.54) is 0 Å². The number of nitrogens with zero attached hydrogens (tertiary/aromatic N) is 5. The predicted octanol–water partition coefficient (Wildman–Crippen LogP) is 1.70. The van der Waals surface area contributed by atoms with Crippen LogP contribution in [0.15, 0.2) is 25.0 Å². The monoisotopic (exact) mass is 276 g/mol. The number of aryl methyl sites for hydroxylation is 1. The van der Waals surface area contributed by atoms with Gasteiger partial charge in [-0.25, -0.2) is 14.6 Å². The van der Waals surface area contributed by atoms with E-state index in [4.69, 9.17) is 0 Å². The second kappa shape index (κ2) is 7.79. The van der Waals surface area contributed by atoms with Crippen LogP contribution in [0.25, 0.3) is 0 Å². The van der Waals surface area contributed by atoms with Gasteiger partial charge in [-0.15, -0.1) is 0 Å². The van der Waals surface area contributed by atoms with Gasteiger partial charge in [0.25, 0.3) is 0 Å². The van der Waals surface area contributed by atoms with Crippen LogP contribution in [0, 0.1) is 5.92 Å². The van der Waals surface area contributed by atoms with Crippen molar-refractivity contribution in [1.29, 1.82) is 0 Å². The SMILES string of the molecule is CC(C)Cn1ncnc1CNCCCCn1ccnc1. The molecule has 2 aromatic rings. The Morgan fingerprint density at radius 2 is 2.20 bits per heavy atom. The molecular weight excluding hydrogens is 252 g/mol. The van der Waals surface area contributed by atoms with Gasteiger partial charge in [-0.1, -0.05) is 13.8 Å². The summed E-state index contributed by atoms with van der Waals surface area (Å²) in [4.78, 5) is 8.34. The Morgan fingerprint density at radius 3 is 2.95 bits per heavy atom. The molecule has 2 rings (SSSR count). The molecule has 0 aliphatic heterocycles. The highest BCUT2D eigenvalue weighted by molar-refractivity contribution is 4.84. The number of nitrogens with one attached hydrogen (secondary N) is 1. The number of hydrogen-bond acceptors (Lipinski definition) is 4. The molecule has 6 nitrogen and oxygen atoms in total. The minimum Gasteiger partial charge on any atom is -0.337 e. The highest BCUT2D eigenvalue weighted by Gasteiger charge is 2.05. The zero-order valence-electron chi connectivity index (χ0n) is 12.4. The minimum atomic E-state index is 0.589. The first kappa shape index (κ1) is 14.7. The first-order valence-corrected chi connectivity index (χ1v) is 7.29. The predicted molar refractivity (Wildman–Crippen MR) is 78.0 cm³/mol. The Hall–Kier alpha value is -1.69. The highest BCUT2D eigenvalue weighted by Crippen LogP contribution is 2.01. The molecule has 0 aliphatic carbocycles. The lowest BCUT2D eigenvalue weighted by molar-refractivity contribution is 0.455. The van der Waals surface area contributed by atoms with E-state index in [0.717, 1.165) is 44.8 Å². The lowest BCUT2D eigenvalue weighted by Gasteiger charge is -2.09. The van der Waals surface area contributed by atoms with E-state index in [9.17, 15) is 0 Å². The lowest BCUT2D eigenvalue weighted by Crippen LogP contribution is -2.20. The molecule has 0 fully saturated rings. The molecule has 20 heavy (non-hydrogen) atoms. The van der Waals surface area contributed by atoms with Gasteiger partial charge in [-0.2, -0.15) is 5.10 Å². The zero-order valence-corrected chi connectivity index (χ0v) is 12.4. The third kappa shape index (κ3) is 4.77. The Labute approximate surface area is 120 Å². The van der Waals surface area contributed by atoms with E-state index >= 15 is 0 Å². The summed E-state index contributed by atoms with van der Waals surface area (Å²) < 4.78 is 4.10. The van der Waals surface area contributed by atoms with Crippen molar-refractivity contribution in [2.75, 3.05) is 6.54 Å². The number of aromatic nitrogens is 5. The molecule has 2 aromatic heterocycles. The molecule has 110 valence electrons. The van der Waals surface area contributed by atoms with Crippen LogP contribution >= 0.6 is 0 Å². The van der Waals surface area contributed by atoms with Gasteiger partial charge in [0.15, 0.2) is 0 Å². The first-order valence-electron chi connectivity index (χ1n) is 7.29. The molecule has 0 atom stereocenters. The van der Waals surface area contributed by atoms with Crippen LogP contribution in [0.1, 0.15) is 32.5 Å². The molecule has 0 aliphatic rings. The molecule has 0 bridgehead atoms. The van der Waals surface area contributed by atoms with Gasteiger partial charge in [0.1, 0.15) is 12.2 Å². The second-order valence-electron chi connectivity index (χ2n) is 5.44. The van der Waals surface area contributed by atoms with Crippen LogP contribution in [-0.2, 0) is 19.6 Å². The average Bonchev–Trinajstić information content (AvgIpc) is 3.05. The maximum Gasteiger partial charge on any atom is 0.140 e. The smallest absolute Gasteiger partial charge is 0.140 e. The van der Waals surface area contributed by atoms with Crippen LogP contribution < -0.4 is 5.32 Å². The van der Waals surface area contributed by atoms with Gasteiger partial charge in [0, 0.05) is 25.5 Å². The first-order chi connectivity index (χ1) is 9.75. The van der Waals surface area contributed by atoms with Crippen molar-refractivity contribution >= 4 is 0 Å². The molecule has 1 N–H and O–H groups in total. The molecule has 0 saturated carbocycles. The number of unbranched alkanes of at least 4 members (excludes halogenated alkanes) is 1. The van der Waals surface area contributed by atoms with Crippen molar-refractivity contribution in [2.45, 2.75) is 46.3 Å². The normalized spacial score (nSPS) is 11.3. The van der Waals surface area contributed by atoms with E-state index < -0.39 is 0 Å². The lowest BCUT2D eigenvalue weighted by atomic mass is 10.2. The van der Waals surface area contributed by atoms with E-state index in [-0.39, 0.29) is 0 Å². The minimum absolute atomic E-state index is 0.589. The molecule has 0 amide bonds. The van der Waals surface area contributed by atoms with Crippen molar-refractivity contribution in [2.24, 2.45) is 5.92 Å². The van der Waals surface area contributed by atoms with Gasteiger partial charge < -0.3 is 9.88 Å². The summed E-state index contributed by atoms with van der Waals surface area (Å²) in [5, 5.41) is 7.69. The fourth-order valence-electron chi connectivity index (χ4n) is 2.09. The van der Waals surface area contributed by atoms with Crippen molar-refractivity contribution in [3.63, 3.8) is 0 Å². The highest BCUT2D eigenvalue weighted by atomic mass is 15.3. The molecule has 0 spiro atoms. The largest absolute Gasteiger partial charge is 0.337 e. The molecule has 0 radical (unpaired) electrons. The van der Waals surface area contributed by atoms with Crippen LogP contribution in [-0.4, -0.2) is 30.9 Å². The number of hydrogen-bond donors (Lipinski definition) is 1. The Morgan fingerprint density at radius 1 is 1.30 bits per heavy atom. The maximum atomic E-state index is 4.30. The third-order valence-electron chi connectivity index (χ3n) is 3.10. The Bertz CT molecular complexity index is 474. The number of rotatable bonds is 9. The van der Waals surface area contributed by atoms with Crippen LogP contribution in [0.4, 0.5) is 0 Å². The molecular formula is C14H24N6. The quantitative estimate of drug-likeness (QED) is 0.708. The standard InChI is InChI=1S/C14H24N6/c1-13(2)10-20-14(17-11-18-20)9-15-5-3-4-7-19-8-6-16-12-19/h6,8,11-13,15H,3-5,7,9-10H2,1-2H3. The zero-order chi connectivity index (χ0) is 14.2. The number of imidazole rings is 1. The van der Waals surface area contributed by atoms with Gasteiger partial charge in [0.05, 0.1) is 12.9 Å². The molecule has 6 heteroatoms. The van der Waals surface area contributed by atoms with E-state index in [2.05, 4.69) is 38.8 Å².